The van der Waals surface area contributed by atoms with E-state index in [2.05, 4.69) is 52.4 Å². The molecule has 1 aromatic carbocycles. The molecule has 1 aliphatic rings. The summed E-state index contributed by atoms with van der Waals surface area (Å²) >= 11 is 3.49. The predicted octanol–water partition coefficient (Wildman–Crippen LogP) is 3.34. The minimum atomic E-state index is 0.462. The summed E-state index contributed by atoms with van der Waals surface area (Å²) in [6, 6.07) is 8.84. The number of rotatable bonds is 4. The second-order valence-electron chi connectivity index (χ2n) is 4.48. The quantitative estimate of drug-likeness (QED) is 0.883. The molecule has 0 aliphatic heterocycles. The zero-order chi connectivity index (χ0) is 10.9. The third-order valence-electron chi connectivity index (χ3n) is 3.73. The molecule has 0 spiro atoms. The molecule has 0 saturated heterocycles. The average Bonchev–Trinajstić information content (AvgIpc) is 2.95. The molecule has 0 heterocycles. The molecule has 0 aromatic heterocycles. The van der Waals surface area contributed by atoms with Gasteiger partial charge < -0.3 is 5.32 Å². The van der Waals surface area contributed by atoms with E-state index in [0.717, 1.165) is 12.5 Å². The lowest BCUT2D eigenvalue weighted by Crippen LogP contribution is -2.17. The Balaban J connectivity index is 2.18. The first-order valence-electron chi connectivity index (χ1n) is 5.63. The molecule has 1 saturated carbocycles. The van der Waals surface area contributed by atoms with Crippen molar-refractivity contribution in [3.8, 4) is 0 Å². The van der Waals surface area contributed by atoms with Crippen LogP contribution < -0.4 is 5.32 Å². The fraction of sp³-hybridized carbons (Fsp3) is 0.538. The Morgan fingerprint density at radius 2 is 2.07 bits per heavy atom. The molecule has 0 amide bonds. The largest absolute Gasteiger partial charge is 0.319 e. The summed E-state index contributed by atoms with van der Waals surface area (Å²) in [5.74, 6) is 0.827. The van der Waals surface area contributed by atoms with E-state index in [1.165, 1.54) is 22.9 Å². The first kappa shape index (κ1) is 11.2. The SMILES string of the molecule is CCC1(c2ccc(Br)cc2)CC1CNC. The fourth-order valence-corrected chi connectivity index (χ4v) is 2.93. The zero-order valence-corrected chi connectivity index (χ0v) is 11.0. The highest BCUT2D eigenvalue weighted by Gasteiger charge is 2.52. The smallest absolute Gasteiger partial charge is 0.0175 e. The minimum Gasteiger partial charge on any atom is -0.319 e. The standard InChI is InChI=1S/C13H18BrN/c1-3-13(8-11(13)9-15-2)10-4-6-12(14)7-5-10/h4-7,11,15H,3,8-9H2,1-2H3. The van der Waals surface area contributed by atoms with E-state index < -0.39 is 0 Å². The Kier molecular flexibility index (Phi) is 3.17. The number of hydrogen-bond donors (Lipinski definition) is 1. The average molecular weight is 268 g/mol. The summed E-state index contributed by atoms with van der Waals surface area (Å²) in [5, 5.41) is 3.29. The maximum Gasteiger partial charge on any atom is 0.0175 e. The monoisotopic (exact) mass is 267 g/mol. The number of halogens is 1. The van der Waals surface area contributed by atoms with Gasteiger partial charge in [-0.25, -0.2) is 0 Å². The Hall–Kier alpha value is -0.340. The van der Waals surface area contributed by atoms with E-state index in [0.29, 0.717) is 5.41 Å². The van der Waals surface area contributed by atoms with Crippen LogP contribution in [0.4, 0.5) is 0 Å². The highest BCUT2D eigenvalue weighted by atomic mass is 79.9. The van der Waals surface area contributed by atoms with Gasteiger partial charge in [-0.15, -0.1) is 0 Å². The van der Waals surface area contributed by atoms with Crippen molar-refractivity contribution >= 4 is 15.9 Å². The van der Waals surface area contributed by atoms with E-state index >= 15 is 0 Å². The zero-order valence-electron chi connectivity index (χ0n) is 9.39. The number of nitrogens with one attached hydrogen (secondary N) is 1. The molecule has 82 valence electrons. The Labute approximate surface area is 100 Å². The molecule has 2 rings (SSSR count). The third kappa shape index (κ3) is 1.98. The molecule has 1 nitrogen and oxygen atoms in total. The molecular weight excluding hydrogens is 250 g/mol. The van der Waals surface area contributed by atoms with Gasteiger partial charge in [0, 0.05) is 4.47 Å². The molecule has 2 heteroatoms. The highest BCUT2D eigenvalue weighted by molar-refractivity contribution is 9.10. The van der Waals surface area contributed by atoms with Gasteiger partial charge in [0.2, 0.25) is 0 Å². The van der Waals surface area contributed by atoms with Crippen LogP contribution in [-0.2, 0) is 5.41 Å². The number of hydrogen-bond acceptors (Lipinski definition) is 1. The molecule has 2 atom stereocenters. The molecule has 1 fully saturated rings. The van der Waals surface area contributed by atoms with Gasteiger partial charge in [0.25, 0.3) is 0 Å². The molecule has 2 unspecified atom stereocenters. The molecular formula is C13H18BrN. The van der Waals surface area contributed by atoms with Crippen LogP contribution in [0.3, 0.4) is 0 Å². The maximum atomic E-state index is 3.49. The fourth-order valence-electron chi connectivity index (χ4n) is 2.67. The Morgan fingerprint density at radius 3 is 2.60 bits per heavy atom. The lowest BCUT2D eigenvalue weighted by atomic mass is 9.90. The van der Waals surface area contributed by atoms with E-state index in [-0.39, 0.29) is 0 Å². The van der Waals surface area contributed by atoms with Crippen molar-refractivity contribution < 1.29 is 0 Å². The molecule has 1 aromatic rings. The van der Waals surface area contributed by atoms with Gasteiger partial charge in [0.15, 0.2) is 0 Å². The van der Waals surface area contributed by atoms with Crippen LogP contribution in [0.2, 0.25) is 0 Å². The second kappa shape index (κ2) is 4.26. The van der Waals surface area contributed by atoms with Crippen LogP contribution in [-0.4, -0.2) is 13.6 Å². The Morgan fingerprint density at radius 1 is 1.40 bits per heavy atom. The van der Waals surface area contributed by atoms with Crippen molar-refractivity contribution in [3.05, 3.63) is 34.3 Å². The molecule has 0 bridgehead atoms. The first-order chi connectivity index (χ1) is 7.23. The lowest BCUT2D eigenvalue weighted by molar-refractivity contribution is 0.560. The van der Waals surface area contributed by atoms with E-state index in [9.17, 15) is 0 Å². The summed E-state index contributed by atoms with van der Waals surface area (Å²) in [4.78, 5) is 0. The van der Waals surface area contributed by atoms with Gasteiger partial charge in [0.1, 0.15) is 0 Å². The first-order valence-corrected chi connectivity index (χ1v) is 6.43. The summed E-state index contributed by atoms with van der Waals surface area (Å²) in [6.07, 6.45) is 2.59. The van der Waals surface area contributed by atoms with Crippen LogP contribution in [0.5, 0.6) is 0 Å². The molecule has 1 N–H and O–H groups in total. The molecule has 0 radical (unpaired) electrons. The van der Waals surface area contributed by atoms with Crippen LogP contribution in [0, 0.1) is 5.92 Å². The van der Waals surface area contributed by atoms with Crippen LogP contribution in [0.25, 0.3) is 0 Å². The van der Waals surface area contributed by atoms with Crippen LogP contribution >= 0.6 is 15.9 Å². The van der Waals surface area contributed by atoms with Gasteiger partial charge in [-0.1, -0.05) is 35.0 Å². The molecule has 1 aliphatic carbocycles. The van der Waals surface area contributed by atoms with Crippen molar-refractivity contribution in [2.45, 2.75) is 25.2 Å². The van der Waals surface area contributed by atoms with Gasteiger partial charge in [-0.3, -0.25) is 0 Å². The highest BCUT2D eigenvalue weighted by Crippen LogP contribution is 2.56. The van der Waals surface area contributed by atoms with E-state index in [1.807, 2.05) is 7.05 Å². The summed E-state index contributed by atoms with van der Waals surface area (Å²) in [7, 11) is 2.04. The van der Waals surface area contributed by atoms with Crippen molar-refractivity contribution in [2.24, 2.45) is 5.92 Å². The summed E-state index contributed by atoms with van der Waals surface area (Å²) < 4.78 is 1.17. The Bertz CT molecular complexity index is 333. The van der Waals surface area contributed by atoms with Gasteiger partial charge >= 0.3 is 0 Å². The van der Waals surface area contributed by atoms with E-state index in [1.54, 1.807) is 0 Å². The minimum absolute atomic E-state index is 0.462. The normalized spacial score (nSPS) is 29.1. The van der Waals surface area contributed by atoms with Crippen molar-refractivity contribution in [1.29, 1.82) is 0 Å². The summed E-state index contributed by atoms with van der Waals surface area (Å²) in [5.41, 5.74) is 1.97. The summed E-state index contributed by atoms with van der Waals surface area (Å²) in [6.45, 7) is 3.45. The predicted molar refractivity (Wildman–Crippen MR) is 68.1 cm³/mol. The van der Waals surface area contributed by atoms with Crippen molar-refractivity contribution in [2.75, 3.05) is 13.6 Å². The molecule has 15 heavy (non-hydrogen) atoms. The number of benzene rings is 1. The third-order valence-corrected chi connectivity index (χ3v) is 4.26. The van der Waals surface area contributed by atoms with Gasteiger partial charge in [0.05, 0.1) is 0 Å². The topological polar surface area (TPSA) is 12.0 Å². The lowest BCUT2D eigenvalue weighted by Gasteiger charge is -2.16. The van der Waals surface area contributed by atoms with E-state index in [4.69, 9.17) is 0 Å². The van der Waals surface area contributed by atoms with Crippen LogP contribution in [0.15, 0.2) is 28.7 Å². The van der Waals surface area contributed by atoms with Gasteiger partial charge in [-0.05, 0) is 55.5 Å². The van der Waals surface area contributed by atoms with Crippen molar-refractivity contribution in [3.63, 3.8) is 0 Å². The van der Waals surface area contributed by atoms with Crippen LogP contribution in [0.1, 0.15) is 25.3 Å². The van der Waals surface area contributed by atoms with Gasteiger partial charge in [-0.2, -0.15) is 0 Å². The second-order valence-corrected chi connectivity index (χ2v) is 5.39. The maximum absolute atomic E-state index is 3.49. The van der Waals surface area contributed by atoms with Crippen molar-refractivity contribution in [1.82, 2.24) is 5.32 Å².